The van der Waals surface area contributed by atoms with Crippen molar-refractivity contribution in [2.24, 2.45) is 7.05 Å². The number of amides is 1. The van der Waals surface area contributed by atoms with Gasteiger partial charge in [0.1, 0.15) is 5.82 Å². The zero-order chi connectivity index (χ0) is 20.3. The van der Waals surface area contributed by atoms with Crippen molar-refractivity contribution in [2.45, 2.75) is 23.9 Å². The van der Waals surface area contributed by atoms with Crippen molar-refractivity contribution in [3.8, 4) is 11.4 Å². The minimum absolute atomic E-state index is 0.0726. The Hall–Kier alpha value is -2.38. The van der Waals surface area contributed by atoms with Gasteiger partial charge in [-0.3, -0.25) is 4.79 Å². The average molecular weight is 419 g/mol. The highest BCUT2D eigenvalue weighted by Gasteiger charge is 2.22. The predicted octanol–water partition coefficient (Wildman–Crippen LogP) is 4.41. The molecule has 0 fully saturated rings. The fraction of sp³-hybridized carbons (Fsp3) is 0.250. The molecule has 5 nitrogen and oxygen atoms in total. The van der Waals surface area contributed by atoms with E-state index in [4.69, 9.17) is 11.6 Å². The number of carbonyl (C=O) groups is 1. The molecule has 1 aromatic heterocycles. The SMILES string of the molecule is C[C@@H](Sc1nnc(-c2ccccc2Cl)n1C)C(=O)N(C)Cc1cccc(F)c1. The predicted molar refractivity (Wildman–Crippen MR) is 110 cm³/mol. The van der Waals surface area contributed by atoms with Crippen LogP contribution in [0.2, 0.25) is 5.02 Å². The van der Waals surface area contributed by atoms with Crippen LogP contribution in [-0.4, -0.2) is 37.9 Å². The van der Waals surface area contributed by atoms with Gasteiger partial charge < -0.3 is 9.47 Å². The van der Waals surface area contributed by atoms with Crippen LogP contribution in [0.4, 0.5) is 4.39 Å². The van der Waals surface area contributed by atoms with Crippen LogP contribution in [0.1, 0.15) is 12.5 Å². The number of rotatable bonds is 6. The fourth-order valence-corrected chi connectivity index (χ4v) is 3.95. The molecule has 1 atom stereocenters. The average Bonchev–Trinajstić information content (AvgIpc) is 3.01. The van der Waals surface area contributed by atoms with Crippen LogP contribution in [0.5, 0.6) is 0 Å². The Labute approximate surface area is 172 Å². The number of halogens is 2. The Bertz CT molecular complexity index is 994. The van der Waals surface area contributed by atoms with Gasteiger partial charge >= 0.3 is 0 Å². The maximum Gasteiger partial charge on any atom is 0.235 e. The van der Waals surface area contributed by atoms with Crippen molar-refractivity contribution < 1.29 is 9.18 Å². The van der Waals surface area contributed by atoms with E-state index in [1.807, 2.05) is 36.7 Å². The van der Waals surface area contributed by atoms with Crippen LogP contribution in [0.25, 0.3) is 11.4 Å². The molecule has 0 N–H and O–H groups in total. The van der Waals surface area contributed by atoms with E-state index >= 15 is 0 Å². The summed E-state index contributed by atoms with van der Waals surface area (Å²) in [5.74, 6) is 0.254. The van der Waals surface area contributed by atoms with E-state index in [9.17, 15) is 9.18 Å². The second kappa shape index (κ2) is 8.75. The lowest BCUT2D eigenvalue weighted by atomic mass is 10.2. The fourth-order valence-electron chi connectivity index (χ4n) is 2.80. The molecular formula is C20H20ClFN4OS. The molecule has 28 heavy (non-hydrogen) atoms. The number of thioether (sulfide) groups is 1. The molecule has 0 aliphatic carbocycles. The molecule has 0 unspecified atom stereocenters. The van der Waals surface area contributed by atoms with Crippen molar-refractivity contribution in [3.63, 3.8) is 0 Å². The zero-order valence-electron chi connectivity index (χ0n) is 15.8. The van der Waals surface area contributed by atoms with Gasteiger partial charge in [-0.15, -0.1) is 10.2 Å². The van der Waals surface area contributed by atoms with E-state index in [1.54, 1.807) is 30.1 Å². The maximum absolute atomic E-state index is 13.3. The Kier molecular flexibility index (Phi) is 6.36. The first-order valence-electron chi connectivity index (χ1n) is 8.67. The first kappa shape index (κ1) is 20.4. The van der Waals surface area contributed by atoms with Crippen LogP contribution in [0.15, 0.2) is 53.7 Å². The first-order chi connectivity index (χ1) is 13.4. The molecule has 0 aliphatic heterocycles. The summed E-state index contributed by atoms with van der Waals surface area (Å²) in [6.07, 6.45) is 0. The van der Waals surface area contributed by atoms with Gasteiger partial charge in [-0.1, -0.05) is 47.6 Å². The third-order valence-corrected chi connectivity index (χ3v) is 5.72. The lowest BCUT2D eigenvalue weighted by molar-refractivity contribution is -0.129. The summed E-state index contributed by atoms with van der Waals surface area (Å²) < 4.78 is 15.2. The highest BCUT2D eigenvalue weighted by atomic mass is 35.5. The van der Waals surface area contributed by atoms with Crippen LogP contribution < -0.4 is 0 Å². The molecular weight excluding hydrogens is 399 g/mol. The first-order valence-corrected chi connectivity index (χ1v) is 9.93. The molecule has 0 saturated carbocycles. The van der Waals surface area contributed by atoms with Gasteiger partial charge in [-0.2, -0.15) is 0 Å². The third kappa shape index (κ3) is 4.54. The molecule has 1 amide bonds. The van der Waals surface area contributed by atoms with Gasteiger partial charge in [0, 0.05) is 26.2 Å². The molecule has 2 aromatic carbocycles. The molecule has 1 heterocycles. The van der Waals surface area contributed by atoms with Crippen LogP contribution in [-0.2, 0) is 18.4 Å². The second-order valence-electron chi connectivity index (χ2n) is 6.43. The molecule has 8 heteroatoms. The summed E-state index contributed by atoms with van der Waals surface area (Å²) >= 11 is 7.57. The second-order valence-corrected chi connectivity index (χ2v) is 8.14. The van der Waals surface area contributed by atoms with Crippen molar-refractivity contribution >= 4 is 29.3 Å². The number of carbonyl (C=O) groups excluding carboxylic acids is 1. The van der Waals surface area contributed by atoms with E-state index in [1.165, 1.54) is 23.9 Å². The van der Waals surface area contributed by atoms with Crippen LogP contribution in [0.3, 0.4) is 0 Å². The van der Waals surface area contributed by atoms with Crippen molar-refractivity contribution in [1.82, 2.24) is 19.7 Å². The van der Waals surface area contributed by atoms with Gasteiger partial charge in [0.15, 0.2) is 11.0 Å². The number of hydrogen-bond acceptors (Lipinski definition) is 4. The Morgan fingerprint density at radius 2 is 2.00 bits per heavy atom. The van der Waals surface area contributed by atoms with Crippen LogP contribution >= 0.6 is 23.4 Å². The minimum Gasteiger partial charge on any atom is -0.340 e. The molecule has 3 aromatic rings. The summed E-state index contributed by atoms with van der Waals surface area (Å²) in [5.41, 5.74) is 1.53. The molecule has 0 aliphatic rings. The topological polar surface area (TPSA) is 51.0 Å². The van der Waals surface area contributed by atoms with Gasteiger partial charge in [-0.05, 0) is 36.8 Å². The summed E-state index contributed by atoms with van der Waals surface area (Å²) in [7, 11) is 3.55. The van der Waals surface area contributed by atoms with E-state index < -0.39 is 0 Å². The monoisotopic (exact) mass is 418 g/mol. The summed E-state index contributed by atoms with van der Waals surface area (Å²) in [6, 6.07) is 13.7. The quantitative estimate of drug-likeness (QED) is 0.556. The van der Waals surface area contributed by atoms with Crippen LogP contribution in [0, 0.1) is 5.82 Å². The summed E-state index contributed by atoms with van der Waals surface area (Å²) in [6.45, 7) is 2.16. The Morgan fingerprint density at radius 3 is 2.71 bits per heavy atom. The standard InChI is InChI=1S/C20H20ClFN4OS/c1-13(19(27)25(2)12-14-7-6-8-15(22)11-14)28-20-24-23-18(26(20)3)16-9-4-5-10-17(16)21/h4-11,13H,12H2,1-3H3/t13-/m1/s1. The highest BCUT2D eigenvalue weighted by Crippen LogP contribution is 2.30. The van der Waals surface area contributed by atoms with Gasteiger partial charge in [0.05, 0.1) is 10.3 Å². The number of benzene rings is 2. The molecule has 0 bridgehead atoms. The molecule has 0 spiro atoms. The van der Waals surface area contributed by atoms with E-state index in [-0.39, 0.29) is 17.0 Å². The number of hydrogen-bond donors (Lipinski definition) is 0. The molecule has 0 saturated heterocycles. The largest absolute Gasteiger partial charge is 0.340 e. The van der Waals surface area contributed by atoms with Crippen molar-refractivity contribution in [2.75, 3.05) is 7.05 Å². The lowest BCUT2D eigenvalue weighted by Crippen LogP contribution is -2.33. The molecule has 146 valence electrons. The van der Waals surface area contributed by atoms with Gasteiger partial charge in [0.2, 0.25) is 5.91 Å². The maximum atomic E-state index is 13.3. The summed E-state index contributed by atoms with van der Waals surface area (Å²) in [5, 5.41) is 9.27. The Morgan fingerprint density at radius 1 is 1.25 bits per heavy atom. The smallest absolute Gasteiger partial charge is 0.235 e. The summed E-state index contributed by atoms with van der Waals surface area (Å²) in [4.78, 5) is 14.3. The normalized spacial score (nSPS) is 12.0. The van der Waals surface area contributed by atoms with Gasteiger partial charge in [-0.25, -0.2) is 4.39 Å². The van der Waals surface area contributed by atoms with Crippen molar-refractivity contribution in [1.29, 1.82) is 0 Å². The minimum atomic E-state index is -0.374. The van der Waals surface area contributed by atoms with E-state index in [0.717, 1.165) is 11.1 Å². The Balaban J connectivity index is 1.70. The third-order valence-electron chi connectivity index (χ3n) is 4.26. The molecule has 3 rings (SSSR count). The van der Waals surface area contributed by atoms with E-state index in [0.29, 0.717) is 22.5 Å². The van der Waals surface area contributed by atoms with E-state index in [2.05, 4.69) is 10.2 Å². The lowest BCUT2D eigenvalue weighted by Gasteiger charge is -2.21. The number of nitrogens with zero attached hydrogens (tertiary/aromatic N) is 4. The van der Waals surface area contributed by atoms with Crippen molar-refractivity contribution in [3.05, 3.63) is 64.9 Å². The highest BCUT2D eigenvalue weighted by molar-refractivity contribution is 8.00. The number of aromatic nitrogens is 3. The van der Waals surface area contributed by atoms with Gasteiger partial charge in [0.25, 0.3) is 0 Å². The molecule has 0 radical (unpaired) electrons. The zero-order valence-corrected chi connectivity index (χ0v) is 17.3.